The van der Waals surface area contributed by atoms with Crippen LogP contribution in [0, 0.1) is 0 Å². The second kappa shape index (κ2) is 4.54. The fourth-order valence-corrected chi connectivity index (χ4v) is 3.44. The Morgan fingerprint density at radius 3 is 2.55 bits per heavy atom. The summed E-state index contributed by atoms with van der Waals surface area (Å²) in [7, 11) is 0. The van der Waals surface area contributed by atoms with Crippen LogP contribution in [0.5, 0.6) is 0 Å². The van der Waals surface area contributed by atoms with Crippen molar-refractivity contribution >= 4 is 43.1 Å². The molecule has 1 N–H and O–H groups in total. The first-order valence-corrected chi connectivity index (χ1v) is 7.03. The molecule has 0 spiro atoms. The third-order valence-corrected chi connectivity index (χ3v) is 4.36. The van der Waals surface area contributed by atoms with Gasteiger partial charge in [-0.05, 0) is 12.1 Å². The lowest BCUT2D eigenvalue weighted by atomic mass is 10.1. The zero-order valence-corrected chi connectivity index (χ0v) is 11.3. The van der Waals surface area contributed by atoms with Crippen molar-refractivity contribution in [3.05, 3.63) is 55.1 Å². The molecular formula is C15H10N4S. The lowest BCUT2D eigenvalue weighted by molar-refractivity contribution is 1.05. The molecule has 4 aromatic rings. The smallest absolute Gasteiger partial charge is 0.230 e. The molecule has 0 aliphatic rings. The van der Waals surface area contributed by atoms with Crippen LogP contribution < -0.4 is 5.32 Å². The molecule has 20 heavy (non-hydrogen) atoms. The molecule has 2 aromatic heterocycles. The Balaban J connectivity index is 1.91. The lowest BCUT2D eigenvalue weighted by Gasteiger charge is -2.04. The second-order valence-electron chi connectivity index (χ2n) is 4.37. The minimum atomic E-state index is 0.560. The molecule has 0 aliphatic heterocycles. The van der Waals surface area contributed by atoms with Crippen molar-refractivity contribution in [3.8, 4) is 0 Å². The summed E-state index contributed by atoms with van der Waals surface area (Å²) in [5.41, 5.74) is 1.02. The van der Waals surface area contributed by atoms with Crippen LogP contribution in [0.3, 0.4) is 0 Å². The molecule has 0 amide bonds. The molecule has 0 saturated heterocycles. The van der Waals surface area contributed by atoms with Gasteiger partial charge in [-0.15, -0.1) is 11.3 Å². The van der Waals surface area contributed by atoms with Crippen molar-refractivity contribution < 1.29 is 0 Å². The van der Waals surface area contributed by atoms with E-state index < -0.39 is 0 Å². The molecule has 0 aliphatic carbocycles. The molecule has 0 radical (unpaired) electrons. The van der Waals surface area contributed by atoms with E-state index in [4.69, 9.17) is 0 Å². The largest absolute Gasteiger partial charge is 0.323 e. The van der Waals surface area contributed by atoms with Gasteiger partial charge in [-0.3, -0.25) is 0 Å². The molecule has 0 saturated carbocycles. The van der Waals surface area contributed by atoms with Gasteiger partial charge in [0.05, 0.1) is 10.4 Å². The first-order chi connectivity index (χ1) is 9.92. The summed E-state index contributed by atoms with van der Waals surface area (Å²) in [6.45, 7) is 0. The topological polar surface area (TPSA) is 50.7 Å². The Labute approximate surface area is 119 Å². The number of nitrogens with zero attached hydrogens (tertiary/aromatic N) is 3. The number of thiophene rings is 1. The molecule has 0 unspecified atom stereocenters. The molecule has 2 heterocycles. The summed E-state index contributed by atoms with van der Waals surface area (Å²) in [5.74, 6) is 0.560. The standard InChI is InChI=1S/C15H10N4S/c1-2-7-13-10(4-1)11-5-3-6-12(14(11)20-13)19-15-17-8-16-9-18-15/h1-9H,(H,16,17,18,19). The van der Waals surface area contributed by atoms with Crippen molar-refractivity contribution in [1.82, 2.24) is 15.0 Å². The Morgan fingerprint density at radius 1 is 0.850 bits per heavy atom. The molecule has 0 atom stereocenters. The normalized spacial score (nSPS) is 11.0. The monoisotopic (exact) mass is 278 g/mol. The van der Waals surface area contributed by atoms with Gasteiger partial charge in [0.1, 0.15) is 12.7 Å². The minimum Gasteiger partial charge on any atom is -0.323 e. The molecule has 5 heteroatoms. The molecule has 0 fully saturated rings. The van der Waals surface area contributed by atoms with Crippen LogP contribution in [0.25, 0.3) is 20.2 Å². The van der Waals surface area contributed by atoms with Gasteiger partial charge in [0.15, 0.2) is 0 Å². The van der Waals surface area contributed by atoms with Crippen LogP contribution in [0.2, 0.25) is 0 Å². The maximum absolute atomic E-state index is 4.11. The minimum absolute atomic E-state index is 0.560. The molecule has 96 valence electrons. The van der Waals surface area contributed by atoms with E-state index in [1.807, 2.05) is 12.1 Å². The Kier molecular flexibility index (Phi) is 2.57. The van der Waals surface area contributed by atoms with E-state index in [2.05, 4.69) is 50.6 Å². The van der Waals surface area contributed by atoms with Gasteiger partial charge in [-0.2, -0.15) is 0 Å². The van der Waals surface area contributed by atoms with Crippen LogP contribution in [0.15, 0.2) is 55.1 Å². The summed E-state index contributed by atoms with van der Waals surface area (Å²) >= 11 is 1.77. The predicted molar refractivity (Wildman–Crippen MR) is 82.4 cm³/mol. The van der Waals surface area contributed by atoms with Crippen LogP contribution >= 0.6 is 11.3 Å². The number of benzene rings is 2. The van der Waals surface area contributed by atoms with E-state index in [-0.39, 0.29) is 0 Å². The van der Waals surface area contributed by atoms with Crippen LogP contribution in [-0.4, -0.2) is 15.0 Å². The maximum atomic E-state index is 4.11. The lowest BCUT2D eigenvalue weighted by Crippen LogP contribution is -1.96. The van der Waals surface area contributed by atoms with Gasteiger partial charge in [0.2, 0.25) is 5.95 Å². The molecular weight excluding hydrogens is 268 g/mol. The van der Waals surface area contributed by atoms with Gasteiger partial charge in [-0.1, -0.05) is 30.3 Å². The maximum Gasteiger partial charge on any atom is 0.230 e. The zero-order chi connectivity index (χ0) is 13.4. The van der Waals surface area contributed by atoms with Crippen LogP contribution in [-0.2, 0) is 0 Å². The van der Waals surface area contributed by atoms with Gasteiger partial charge >= 0.3 is 0 Å². The van der Waals surface area contributed by atoms with Gasteiger partial charge in [-0.25, -0.2) is 15.0 Å². The number of rotatable bonds is 2. The van der Waals surface area contributed by atoms with E-state index in [1.54, 1.807) is 11.3 Å². The zero-order valence-electron chi connectivity index (χ0n) is 10.4. The highest BCUT2D eigenvalue weighted by atomic mass is 32.1. The van der Waals surface area contributed by atoms with Crippen LogP contribution in [0.4, 0.5) is 11.6 Å². The second-order valence-corrected chi connectivity index (χ2v) is 5.42. The highest BCUT2D eigenvalue weighted by molar-refractivity contribution is 7.26. The molecule has 0 bridgehead atoms. The highest BCUT2D eigenvalue weighted by Crippen LogP contribution is 2.38. The summed E-state index contributed by atoms with van der Waals surface area (Å²) in [6, 6.07) is 14.7. The van der Waals surface area contributed by atoms with Crippen LogP contribution in [0.1, 0.15) is 0 Å². The SMILES string of the molecule is c1ccc2c(c1)sc1c(Nc3ncncn3)cccc12. The Bertz CT molecular complexity index is 886. The number of aromatic nitrogens is 3. The van der Waals surface area contributed by atoms with Crippen molar-refractivity contribution in [3.63, 3.8) is 0 Å². The Morgan fingerprint density at radius 2 is 1.65 bits per heavy atom. The number of nitrogens with one attached hydrogen (secondary N) is 1. The first-order valence-electron chi connectivity index (χ1n) is 6.21. The first kappa shape index (κ1) is 11.3. The third-order valence-electron chi connectivity index (χ3n) is 3.14. The average molecular weight is 278 g/mol. The van der Waals surface area contributed by atoms with Crippen molar-refractivity contribution in [2.24, 2.45) is 0 Å². The van der Waals surface area contributed by atoms with E-state index in [9.17, 15) is 0 Å². The fraction of sp³-hybridized carbons (Fsp3) is 0. The van der Waals surface area contributed by atoms with Gasteiger partial charge in [0.25, 0.3) is 0 Å². The number of anilines is 2. The van der Waals surface area contributed by atoms with Crippen molar-refractivity contribution in [2.45, 2.75) is 0 Å². The summed E-state index contributed by atoms with van der Waals surface area (Å²) in [4.78, 5) is 12.0. The van der Waals surface area contributed by atoms with E-state index in [1.165, 1.54) is 32.8 Å². The summed E-state index contributed by atoms with van der Waals surface area (Å²) in [6.07, 6.45) is 2.97. The Hall–Kier alpha value is -2.53. The fourth-order valence-electron chi connectivity index (χ4n) is 2.27. The quantitative estimate of drug-likeness (QED) is 0.602. The number of fused-ring (bicyclic) bond motifs is 3. The van der Waals surface area contributed by atoms with E-state index in [0.717, 1.165) is 5.69 Å². The molecule has 4 nitrogen and oxygen atoms in total. The van der Waals surface area contributed by atoms with Gasteiger partial charge < -0.3 is 5.32 Å². The average Bonchev–Trinajstić information content (AvgIpc) is 2.88. The summed E-state index contributed by atoms with van der Waals surface area (Å²) in [5, 5.41) is 5.79. The van der Waals surface area contributed by atoms with E-state index in [0.29, 0.717) is 5.95 Å². The van der Waals surface area contributed by atoms with Crippen molar-refractivity contribution in [2.75, 3.05) is 5.32 Å². The highest BCUT2D eigenvalue weighted by Gasteiger charge is 2.08. The van der Waals surface area contributed by atoms with E-state index >= 15 is 0 Å². The predicted octanol–water partition coefficient (Wildman–Crippen LogP) is 3.98. The van der Waals surface area contributed by atoms with Crippen molar-refractivity contribution in [1.29, 1.82) is 0 Å². The van der Waals surface area contributed by atoms with Gasteiger partial charge in [0, 0.05) is 15.5 Å². The number of hydrogen-bond acceptors (Lipinski definition) is 5. The third kappa shape index (κ3) is 1.80. The summed E-state index contributed by atoms with van der Waals surface area (Å²) < 4.78 is 2.50. The molecule has 2 aromatic carbocycles. The number of hydrogen-bond donors (Lipinski definition) is 1. The molecule has 4 rings (SSSR count).